The Morgan fingerprint density at radius 2 is 1.83 bits per heavy atom. The fourth-order valence-electron chi connectivity index (χ4n) is 2.68. The van der Waals surface area contributed by atoms with E-state index in [9.17, 15) is 9.18 Å². The number of pyridine rings is 2. The number of nitrogens with one attached hydrogen (secondary N) is 3. The summed E-state index contributed by atoms with van der Waals surface area (Å²) in [5, 5.41) is 7.44. The van der Waals surface area contributed by atoms with E-state index in [0.29, 0.717) is 22.9 Å². The lowest BCUT2D eigenvalue weighted by Gasteiger charge is -2.17. The Morgan fingerprint density at radius 3 is 2.55 bits per heavy atom. The van der Waals surface area contributed by atoms with Crippen LogP contribution in [0.15, 0.2) is 54.7 Å². The SMILES string of the molecule is CONC(=O)c1cnc(Nc2cccc(F)n2)cc1Nc1ccccc1P(C)C. The normalized spacial score (nSPS) is 10.7. The Bertz CT molecular complexity index is 1020. The van der Waals surface area contributed by atoms with Gasteiger partial charge in [0.2, 0.25) is 5.95 Å². The molecule has 0 atom stereocenters. The summed E-state index contributed by atoms with van der Waals surface area (Å²) in [6.45, 7) is 4.31. The number of para-hydroxylation sites is 1. The van der Waals surface area contributed by atoms with Crippen molar-refractivity contribution in [1.29, 1.82) is 0 Å². The molecular weight excluding hydrogens is 392 g/mol. The molecule has 3 N–H and O–H groups in total. The molecule has 2 aromatic heterocycles. The fourth-order valence-corrected chi connectivity index (χ4v) is 3.68. The van der Waals surface area contributed by atoms with Gasteiger partial charge in [-0.05, 0) is 36.8 Å². The molecule has 0 fully saturated rings. The van der Waals surface area contributed by atoms with Crippen LogP contribution < -0.4 is 21.4 Å². The predicted molar refractivity (Wildman–Crippen MR) is 114 cm³/mol. The Morgan fingerprint density at radius 1 is 1.03 bits per heavy atom. The highest BCUT2D eigenvalue weighted by Gasteiger charge is 2.16. The first-order chi connectivity index (χ1) is 14.0. The van der Waals surface area contributed by atoms with Gasteiger partial charge in [-0.3, -0.25) is 9.63 Å². The Hall–Kier alpha value is -3.09. The number of carbonyl (C=O) groups excluding carboxylic acids is 1. The molecular formula is C20H21FN5O2P. The topological polar surface area (TPSA) is 88.2 Å². The maximum Gasteiger partial charge on any atom is 0.278 e. The minimum absolute atomic E-state index is 0.302. The van der Waals surface area contributed by atoms with Gasteiger partial charge in [0.15, 0.2) is 0 Å². The molecule has 3 rings (SSSR count). The number of hydrogen-bond acceptors (Lipinski definition) is 6. The molecule has 0 aliphatic rings. The Kier molecular flexibility index (Phi) is 6.69. The number of aromatic nitrogens is 2. The van der Waals surface area contributed by atoms with Crippen LogP contribution in [0.4, 0.5) is 27.4 Å². The summed E-state index contributed by atoms with van der Waals surface area (Å²) in [5.74, 6) is -0.320. The molecule has 0 saturated carbocycles. The van der Waals surface area contributed by atoms with Crippen LogP contribution in [-0.2, 0) is 4.84 Å². The number of benzene rings is 1. The molecule has 0 unspecified atom stereocenters. The Labute approximate surface area is 169 Å². The first-order valence-corrected chi connectivity index (χ1v) is 11.0. The van der Waals surface area contributed by atoms with Crippen molar-refractivity contribution < 1.29 is 14.0 Å². The summed E-state index contributed by atoms with van der Waals surface area (Å²) < 4.78 is 13.4. The summed E-state index contributed by atoms with van der Waals surface area (Å²) in [4.78, 5) is 25.2. The number of carbonyl (C=O) groups is 1. The zero-order valence-electron chi connectivity index (χ0n) is 16.2. The molecule has 1 amide bonds. The van der Waals surface area contributed by atoms with Crippen LogP contribution in [0.5, 0.6) is 0 Å². The number of halogens is 1. The smallest absolute Gasteiger partial charge is 0.278 e. The molecule has 1 aromatic carbocycles. The van der Waals surface area contributed by atoms with Gasteiger partial charge in [-0.2, -0.15) is 4.39 Å². The molecule has 0 spiro atoms. The van der Waals surface area contributed by atoms with Crippen LogP contribution in [0.3, 0.4) is 0 Å². The standard InChI is InChI=1S/C20H21FN5O2P/c1-28-26-20(27)13-12-22-19(25-18-10-6-9-17(21)24-18)11-15(13)23-14-7-4-5-8-16(14)29(2)3/h4-12H,1-3H3,(H,26,27)(H2,22,23,24,25). The number of rotatable bonds is 7. The van der Waals surface area contributed by atoms with Gasteiger partial charge in [-0.15, -0.1) is 0 Å². The van der Waals surface area contributed by atoms with Crippen molar-refractivity contribution in [3.05, 3.63) is 66.2 Å². The Balaban J connectivity index is 1.98. The van der Waals surface area contributed by atoms with Gasteiger partial charge in [0.1, 0.15) is 11.6 Å². The molecule has 2 heterocycles. The number of hydroxylamine groups is 1. The van der Waals surface area contributed by atoms with Crippen molar-refractivity contribution in [3.63, 3.8) is 0 Å². The second-order valence-corrected chi connectivity index (χ2v) is 8.53. The third-order valence-electron chi connectivity index (χ3n) is 3.97. The van der Waals surface area contributed by atoms with Crippen molar-refractivity contribution in [1.82, 2.24) is 15.4 Å². The van der Waals surface area contributed by atoms with E-state index in [4.69, 9.17) is 4.84 Å². The van der Waals surface area contributed by atoms with Crippen molar-refractivity contribution >= 4 is 42.1 Å². The molecule has 29 heavy (non-hydrogen) atoms. The van der Waals surface area contributed by atoms with E-state index in [1.54, 1.807) is 18.2 Å². The van der Waals surface area contributed by atoms with Gasteiger partial charge in [0.25, 0.3) is 5.91 Å². The van der Waals surface area contributed by atoms with Gasteiger partial charge < -0.3 is 10.6 Å². The van der Waals surface area contributed by atoms with E-state index in [0.717, 1.165) is 5.69 Å². The average Bonchev–Trinajstić information content (AvgIpc) is 2.68. The maximum absolute atomic E-state index is 13.4. The fraction of sp³-hybridized carbons (Fsp3) is 0.150. The van der Waals surface area contributed by atoms with Crippen LogP contribution in [-0.4, -0.2) is 36.3 Å². The molecule has 3 aromatic rings. The van der Waals surface area contributed by atoms with Gasteiger partial charge >= 0.3 is 0 Å². The van der Waals surface area contributed by atoms with Crippen molar-refractivity contribution in [2.45, 2.75) is 0 Å². The lowest BCUT2D eigenvalue weighted by atomic mass is 10.2. The van der Waals surface area contributed by atoms with Gasteiger partial charge in [0.05, 0.1) is 18.4 Å². The molecule has 0 aliphatic carbocycles. The minimum Gasteiger partial charge on any atom is -0.354 e. The van der Waals surface area contributed by atoms with E-state index in [1.807, 2.05) is 18.2 Å². The largest absolute Gasteiger partial charge is 0.354 e. The number of hydrogen-bond donors (Lipinski definition) is 3. The lowest BCUT2D eigenvalue weighted by molar-refractivity contribution is 0.0538. The van der Waals surface area contributed by atoms with E-state index in [2.05, 4.69) is 45.5 Å². The summed E-state index contributed by atoms with van der Waals surface area (Å²) in [6, 6.07) is 14.0. The van der Waals surface area contributed by atoms with Crippen molar-refractivity contribution in [2.75, 3.05) is 31.1 Å². The summed E-state index contributed by atoms with van der Waals surface area (Å²) in [5.41, 5.74) is 4.03. The second-order valence-electron chi connectivity index (χ2n) is 6.26. The van der Waals surface area contributed by atoms with Crippen LogP contribution >= 0.6 is 7.92 Å². The maximum atomic E-state index is 13.4. The molecule has 0 saturated heterocycles. The summed E-state index contributed by atoms with van der Waals surface area (Å²) in [6.07, 6.45) is 1.42. The van der Waals surface area contributed by atoms with Crippen molar-refractivity contribution in [3.8, 4) is 0 Å². The first kappa shape index (κ1) is 20.6. The lowest BCUT2D eigenvalue weighted by Crippen LogP contribution is -2.23. The number of anilines is 4. The molecule has 0 aliphatic heterocycles. The molecule has 0 bridgehead atoms. The molecule has 9 heteroatoms. The highest BCUT2D eigenvalue weighted by atomic mass is 31.1. The first-order valence-electron chi connectivity index (χ1n) is 8.74. The summed E-state index contributed by atoms with van der Waals surface area (Å²) >= 11 is 0. The molecule has 7 nitrogen and oxygen atoms in total. The predicted octanol–water partition coefficient (Wildman–Crippen LogP) is 3.76. The van der Waals surface area contributed by atoms with E-state index >= 15 is 0 Å². The van der Waals surface area contributed by atoms with E-state index in [-0.39, 0.29) is 7.92 Å². The number of nitrogens with zero attached hydrogens (tertiary/aromatic N) is 2. The zero-order chi connectivity index (χ0) is 20.8. The summed E-state index contributed by atoms with van der Waals surface area (Å²) in [7, 11) is 0.996. The monoisotopic (exact) mass is 413 g/mol. The van der Waals surface area contributed by atoms with Gasteiger partial charge in [0, 0.05) is 18.0 Å². The van der Waals surface area contributed by atoms with Crippen LogP contribution in [0.2, 0.25) is 0 Å². The van der Waals surface area contributed by atoms with Crippen LogP contribution in [0.25, 0.3) is 0 Å². The van der Waals surface area contributed by atoms with Crippen molar-refractivity contribution in [2.24, 2.45) is 0 Å². The molecule has 150 valence electrons. The van der Waals surface area contributed by atoms with Crippen LogP contribution in [0.1, 0.15) is 10.4 Å². The quantitative estimate of drug-likeness (QED) is 0.311. The van der Waals surface area contributed by atoms with E-state index < -0.39 is 11.9 Å². The van der Waals surface area contributed by atoms with E-state index in [1.165, 1.54) is 24.7 Å². The van der Waals surface area contributed by atoms with Crippen LogP contribution in [0, 0.1) is 5.95 Å². The van der Waals surface area contributed by atoms with Gasteiger partial charge in [-0.25, -0.2) is 15.4 Å². The third kappa shape index (κ3) is 5.25. The minimum atomic E-state index is -0.599. The zero-order valence-corrected chi connectivity index (χ0v) is 17.1. The van der Waals surface area contributed by atoms with Gasteiger partial charge in [-0.1, -0.05) is 32.2 Å². The number of amides is 1. The molecule has 0 radical (unpaired) electrons. The highest BCUT2D eigenvalue weighted by molar-refractivity contribution is 7.64. The average molecular weight is 413 g/mol. The second kappa shape index (κ2) is 9.41. The third-order valence-corrected chi connectivity index (χ3v) is 5.32. The highest BCUT2D eigenvalue weighted by Crippen LogP contribution is 2.31.